The fourth-order valence-corrected chi connectivity index (χ4v) is 3.09. The zero-order valence-corrected chi connectivity index (χ0v) is 12.5. The van der Waals surface area contributed by atoms with E-state index in [4.69, 9.17) is 22.1 Å². The summed E-state index contributed by atoms with van der Waals surface area (Å²) in [6.45, 7) is 3.84. The Morgan fingerprint density at radius 1 is 1.37 bits per heavy atom. The largest absolute Gasteiger partial charge is 0.465 e. The molecule has 0 spiro atoms. The van der Waals surface area contributed by atoms with Crippen molar-refractivity contribution >= 4 is 34.6 Å². The van der Waals surface area contributed by atoms with Crippen molar-refractivity contribution in [3.63, 3.8) is 0 Å². The lowest BCUT2D eigenvalue weighted by Crippen LogP contribution is -2.01. The molecule has 0 atom stereocenters. The number of nitrogens with two attached hydrogens (primary N) is 1. The third-order valence-electron chi connectivity index (χ3n) is 2.98. The van der Waals surface area contributed by atoms with Gasteiger partial charge in [0.1, 0.15) is 4.88 Å². The number of benzene rings is 1. The molecule has 0 saturated heterocycles. The van der Waals surface area contributed by atoms with Crippen molar-refractivity contribution in [3.05, 3.63) is 39.2 Å². The van der Waals surface area contributed by atoms with Crippen LogP contribution >= 0.6 is 22.9 Å². The normalized spacial score (nSPS) is 10.5. The molecular formula is C14H14ClNO2S. The van der Waals surface area contributed by atoms with Crippen molar-refractivity contribution in [3.8, 4) is 10.4 Å². The van der Waals surface area contributed by atoms with Crippen molar-refractivity contribution < 1.29 is 9.53 Å². The summed E-state index contributed by atoms with van der Waals surface area (Å²) >= 11 is 7.37. The number of hydrogen-bond donors (Lipinski definition) is 1. The van der Waals surface area contributed by atoms with E-state index in [0.29, 0.717) is 10.6 Å². The zero-order valence-electron chi connectivity index (χ0n) is 10.9. The van der Waals surface area contributed by atoms with Crippen molar-refractivity contribution in [2.45, 2.75) is 13.8 Å². The molecular weight excluding hydrogens is 282 g/mol. The second kappa shape index (κ2) is 5.23. The molecule has 1 heterocycles. The third-order valence-corrected chi connectivity index (χ3v) is 4.75. The third kappa shape index (κ3) is 2.46. The lowest BCUT2D eigenvalue weighted by molar-refractivity contribution is 0.0607. The summed E-state index contributed by atoms with van der Waals surface area (Å²) < 4.78 is 4.73. The molecule has 0 aliphatic carbocycles. The molecule has 0 aliphatic heterocycles. The summed E-state index contributed by atoms with van der Waals surface area (Å²) in [4.78, 5) is 13.1. The van der Waals surface area contributed by atoms with Crippen LogP contribution in [0.5, 0.6) is 0 Å². The lowest BCUT2D eigenvalue weighted by Gasteiger charge is -2.03. The van der Waals surface area contributed by atoms with Crippen LogP contribution in [0.3, 0.4) is 0 Å². The summed E-state index contributed by atoms with van der Waals surface area (Å²) in [6, 6.07) is 5.76. The number of methoxy groups -OCH3 is 1. The monoisotopic (exact) mass is 295 g/mol. The van der Waals surface area contributed by atoms with Crippen LogP contribution in [0.15, 0.2) is 18.2 Å². The van der Waals surface area contributed by atoms with Crippen molar-refractivity contribution in [2.75, 3.05) is 12.8 Å². The molecule has 2 N–H and O–H groups in total. The van der Waals surface area contributed by atoms with Crippen LogP contribution in [0, 0.1) is 13.8 Å². The number of anilines is 1. The Bertz CT molecular complexity index is 649. The number of carbonyl (C=O) groups is 1. The second-order valence-corrected chi connectivity index (χ2v) is 5.68. The predicted octanol–water partition coefficient (Wildman–Crippen LogP) is 4.05. The molecule has 0 amide bonds. The SMILES string of the molecule is COC(=O)c1sc(-c2ccc(Cl)c(C)c2)c(C)c1N. The highest BCUT2D eigenvalue weighted by molar-refractivity contribution is 7.18. The summed E-state index contributed by atoms with van der Waals surface area (Å²) in [5.41, 5.74) is 9.35. The highest BCUT2D eigenvalue weighted by Gasteiger charge is 2.20. The van der Waals surface area contributed by atoms with Gasteiger partial charge in [-0.2, -0.15) is 0 Å². The number of rotatable bonds is 2. The van der Waals surface area contributed by atoms with Crippen LogP contribution < -0.4 is 5.73 Å². The second-order valence-electron chi connectivity index (χ2n) is 4.25. The summed E-state index contributed by atoms with van der Waals surface area (Å²) in [5.74, 6) is -0.400. The van der Waals surface area contributed by atoms with Crippen LogP contribution in [0.4, 0.5) is 5.69 Å². The van der Waals surface area contributed by atoms with Gasteiger partial charge >= 0.3 is 5.97 Å². The fraction of sp³-hybridized carbons (Fsp3) is 0.214. The van der Waals surface area contributed by atoms with Crippen LogP contribution in [0.25, 0.3) is 10.4 Å². The zero-order chi connectivity index (χ0) is 14.2. The summed E-state index contributed by atoms with van der Waals surface area (Å²) in [6.07, 6.45) is 0. The minimum absolute atomic E-state index is 0.400. The number of aryl methyl sites for hydroxylation is 1. The van der Waals surface area contributed by atoms with Gasteiger partial charge in [0.2, 0.25) is 0 Å². The number of esters is 1. The number of halogens is 1. The first kappa shape index (κ1) is 13.9. The van der Waals surface area contributed by atoms with Gasteiger partial charge in [-0.05, 0) is 42.7 Å². The molecule has 1 aromatic carbocycles. The molecule has 5 heteroatoms. The van der Waals surface area contributed by atoms with Crippen molar-refractivity contribution in [2.24, 2.45) is 0 Å². The molecule has 1 aromatic heterocycles. The Balaban J connectivity index is 2.57. The molecule has 0 aliphatic rings. The number of ether oxygens (including phenoxy) is 1. The molecule has 0 saturated carbocycles. The first-order valence-electron chi connectivity index (χ1n) is 5.69. The number of thiophene rings is 1. The van der Waals surface area contributed by atoms with E-state index in [0.717, 1.165) is 26.6 Å². The summed E-state index contributed by atoms with van der Waals surface area (Å²) in [5, 5.41) is 0.721. The van der Waals surface area contributed by atoms with Crippen LogP contribution in [-0.2, 0) is 4.74 Å². The molecule has 2 aromatic rings. The van der Waals surface area contributed by atoms with E-state index in [2.05, 4.69) is 0 Å². The Hall–Kier alpha value is -1.52. The van der Waals surface area contributed by atoms with E-state index < -0.39 is 5.97 Å². The van der Waals surface area contributed by atoms with Gasteiger partial charge in [-0.1, -0.05) is 17.7 Å². The van der Waals surface area contributed by atoms with Gasteiger partial charge in [0.25, 0.3) is 0 Å². The smallest absolute Gasteiger partial charge is 0.350 e. The van der Waals surface area contributed by atoms with E-state index in [9.17, 15) is 4.79 Å². The first-order chi connectivity index (χ1) is 8.95. The van der Waals surface area contributed by atoms with E-state index in [1.54, 1.807) is 0 Å². The van der Waals surface area contributed by atoms with E-state index >= 15 is 0 Å². The Morgan fingerprint density at radius 3 is 2.63 bits per heavy atom. The molecule has 0 bridgehead atoms. The van der Waals surface area contributed by atoms with Crippen molar-refractivity contribution in [1.29, 1.82) is 0 Å². The van der Waals surface area contributed by atoms with Gasteiger partial charge in [-0.25, -0.2) is 4.79 Å². The number of nitrogen functional groups attached to an aromatic ring is 1. The van der Waals surface area contributed by atoms with E-state index in [1.165, 1.54) is 18.4 Å². The molecule has 0 radical (unpaired) electrons. The molecule has 3 nitrogen and oxygen atoms in total. The maximum atomic E-state index is 11.6. The maximum absolute atomic E-state index is 11.6. The van der Waals surface area contributed by atoms with E-state index in [1.807, 2.05) is 32.0 Å². The molecule has 2 rings (SSSR count). The van der Waals surface area contributed by atoms with Crippen LogP contribution in [0.1, 0.15) is 20.8 Å². The Labute approximate surface area is 121 Å². The van der Waals surface area contributed by atoms with Crippen molar-refractivity contribution in [1.82, 2.24) is 0 Å². The first-order valence-corrected chi connectivity index (χ1v) is 6.88. The molecule has 100 valence electrons. The standard InChI is InChI=1S/C14H14ClNO2S/c1-7-6-9(4-5-10(7)15)12-8(2)11(16)13(19-12)14(17)18-3/h4-6H,16H2,1-3H3. The molecule has 19 heavy (non-hydrogen) atoms. The highest BCUT2D eigenvalue weighted by atomic mass is 35.5. The van der Waals surface area contributed by atoms with Crippen LogP contribution in [-0.4, -0.2) is 13.1 Å². The topological polar surface area (TPSA) is 52.3 Å². The van der Waals surface area contributed by atoms with Gasteiger partial charge in [0, 0.05) is 9.90 Å². The number of hydrogen-bond acceptors (Lipinski definition) is 4. The van der Waals surface area contributed by atoms with Gasteiger partial charge < -0.3 is 10.5 Å². The molecule has 0 unspecified atom stereocenters. The van der Waals surface area contributed by atoms with Gasteiger partial charge in [0.15, 0.2) is 0 Å². The average molecular weight is 296 g/mol. The quantitative estimate of drug-likeness (QED) is 0.850. The Morgan fingerprint density at radius 2 is 2.05 bits per heavy atom. The maximum Gasteiger partial charge on any atom is 0.350 e. The number of carbonyl (C=O) groups excluding carboxylic acids is 1. The van der Waals surface area contributed by atoms with Gasteiger partial charge in [0.05, 0.1) is 12.8 Å². The van der Waals surface area contributed by atoms with Crippen LogP contribution in [0.2, 0.25) is 5.02 Å². The Kier molecular flexibility index (Phi) is 3.83. The fourth-order valence-electron chi connectivity index (χ4n) is 1.83. The van der Waals surface area contributed by atoms with Gasteiger partial charge in [-0.15, -0.1) is 11.3 Å². The minimum Gasteiger partial charge on any atom is -0.465 e. The molecule has 0 fully saturated rings. The van der Waals surface area contributed by atoms with Gasteiger partial charge in [-0.3, -0.25) is 0 Å². The lowest BCUT2D eigenvalue weighted by atomic mass is 10.1. The highest BCUT2D eigenvalue weighted by Crippen LogP contribution is 2.39. The summed E-state index contributed by atoms with van der Waals surface area (Å²) in [7, 11) is 1.35. The minimum atomic E-state index is -0.400. The average Bonchev–Trinajstić information content (AvgIpc) is 2.69. The predicted molar refractivity (Wildman–Crippen MR) is 80.0 cm³/mol. The van der Waals surface area contributed by atoms with E-state index in [-0.39, 0.29) is 0 Å².